The summed E-state index contributed by atoms with van der Waals surface area (Å²) in [7, 11) is 0. The van der Waals surface area contributed by atoms with Crippen LogP contribution >= 0.6 is 0 Å². The molecule has 2 rings (SSSR count). The quantitative estimate of drug-likeness (QED) is 0.328. The van der Waals surface area contributed by atoms with E-state index in [0.29, 0.717) is 16.8 Å². The Bertz CT molecular complexity index is 1220. The summed E-state index contributed by atoms with van der Waals surface area (Å²) >= 11 is 0. The van der Waals surface area contributed by atoms with Gasteiger partial charge < -0.3 is 26.0 Å². The molecule has 9 nitrogen and oxygen atoms in total. The number of hydrogen-bond acceptors (Lipinski definition) is 5. The highest BCUT2D eigenvalue weighted by Crippen LogP contribution is 2.26. The summed E-state index contributed by atoms with van der Waals surface area (Å²) in [6.45, 7) is 10.5. The molecule has 2 aromatic carbocycles. The third-order valence-electron chi connectivity index (χ3n) is 5.36. The zero-order valence-electron chi connectivity index (χ0n) is 22.1. The Hall–Kier alpha value is -4.58. The molecule has 0 aliphatic carbocycles. The summed E-state index contributed by atoms with van der Waals surface area (Å²) in [5.41, 5.74) is 6.97. The zero-order valence-corrected chi connectivity index (χ0v) is 22.1. The highest BCUT2D eigenvalue weighted by molar-refractivity contribution is 6.00. The predicted molar refractivity (Wildman–Crippen MR) is 146 cm³/mol. The fraction of sp³-hybridized carbons (Fsp3) is 0.310. The highest BCUT2D eigenvalue weighted by Gasteiger charge is 2.36. The minimum atomic E-state index is -1.39. The molecule has 0 aromatic heterocycles. The van der Waals surface area contributed by atoms with E-state index in [2.05, 4.69) is 23.1 Å². The van der Waals surface area contributed by atoms with E-state index in [4.69, 9.17) is 16.9 Å². The number of hydrogen-bond donors (Lipinski definition) is 3. The fourth-order valence-corrected chi connectivity index (χ4v) is 3.66. The molecule has 9 heteroatoms. The van der Waals surface area contributed by atoms with Crippen molar-refractivity contribution in [3.05, 3.63) is 77.9 Å². The van der Waals surface area contributed by atoms with Crippen molar-refractivity contribution in [1.82, 2.24) is 10.2 Å². The van der Waals surface area contributed by atoms with Crippen molar-refractivity contribution in [2.75, 3.05) is 11.9 Å². The molecule has 0 fully saturated rings. The molecule has 2 atom stereocenters. The van der Waals surface area contributed by atoms with Gasteiger partial charge in [0.25, 0.3) is 5.91 Å². The lowest BCUT2D eigenvalue weighted by atomic mass is 10.0. The van der Waals surface area contributed by atoms with Gasteiger partial charge in [-0.1, -0.05) is 42.3 Å². The number of carbonyl (C=O) groups excluding carboxylic acids is 4. The third kappa shape index (κ3) is 8.52. The van der Waals surface area contributed by atoms with Gasteiger partial charge in [-0.15, -0.1) is 13.0 Å². The average molecular weight is 519 g/mol. The standard InChI is InChI=1S/C29H34N4O5/c1-7-17-33(27(36)23(18-24(30)34)32-28(37)38-29(4,5)6)25(21-15-13-20(8-2)14-16-21)26(35)31-22-12-10-9-11-19(22)3/h2,7,9-16,23,25H,1,17-18H2,3-6H3,(H2,30,34)(H,31,35)(H,32,37). The monoisotopic (exact) mass is 518 g/mol. The minimum Gasteiger partial charge on any atom is -0.444 e. The molecule has 4 N–H and O–H groups in total. The van der Waals surface area contributed by atoms with Crippen molar-refractivity contribution in [3.63, 3.8) is 0 Å². The first-order valence-corrected chi connectivity index (χ1v) is 12.0. The third-order valence-corrected chi connectivity index (χ3v) is 5.36. The van der Waals surface area contributed by atoms with E-state index in [-0.39, 0.29) is 6.54 Å². The highest BCUT2D eigenvalue weighted by atomic mass is 16.6. The van der Waals surface area contributed by atoms with Gasteiger partial charge in [-0.25, -0.2) is 4.79 Å². The molecule has 38 heavy (non-hydrogen) atoms. The van der Waals surface area contributed by atoms with Gasteiger partial charge in [0.05, 0.1) is 6.42 Å². The number of carbonyl (C=O) groups is 4. The lowest BCUT2D eigenvalue weighted by Gasteiger charge is -2.33. The van der Waals surface area contributed by atoms with Gasteiger partial charge in [0.2, 0.25) is 11.8 Å². The maximum absolute atomic E-state index is 13.8. The Balaban J connectivity index is 2.54. The van der Waals surface area contributed by atoms with Crippen LogP contribution in [0.2, 0.25) is 0 Å². The Morgan fingerprint density at radius 2 is 1.76 bits per heavy atom. The second kappa shape index (κ2) is 13.1. The number of alkyl carbamates (subject to hydrolysis) is 1. The predicted octanol–water partition coefficient (Wildman–Crippen LogP) is 3.44. The number of nitrogens with two attached hydrogens (primary N) is 1. The van der Waals surface area contributed by atoms with Gasteiger partial charge in [-0.3, -0.25) is 14.4 Å². The van der Waals surface area contributed by atoms with Crippen molar-refractivity contribution in [3.8, 4) is 12.3 Å². The molecule has 0 bridgehead atoms. The number of para-hydroxylation sites is 1. The van der Waals surface area contributed by atoms with Crippen molar-refractivity contribution >= 4 is 29.5 Å². The van der Waals surface area contributed by atoms with E-state index in [1.165, 1.54) is 11.0 Å². The molecule has 200 valence electrons. The van der Waals surface area contributed by atoms with Crippen LogP contribution in [0, 0.1) is 19.3 Å². The van der Waals surface area contributed by atoms with Crippen LogP contribution in [-0.4, -0.2) is 46.9 Å². The van der Waals surface area contributed by atoms with Crippen LogP contribution in [0.25, 0.3) is 0 Å². The molecule has 0 saturated heterocycles. The van der Waals surface area contributed by atoms with Gasteiger partial charge in [0.1, 0.15) is 17.7 Å². The van der Waals surface area contributed by atoms with Crippen LogP contribution in [0.1, 0.15) is 49.9 Å². The lowest BCUT2D eigenvalue weighted by molar-refractivity contribution is -0.141. The van der Waals surface area contributed by atoms with Gasteiger partial charge in [-0.2, -0.15) is 0 Å². The van der Waals surface area contributed by atoms with E-state index in [0.717, 1.165) is 5.56 Å². The topological polar surface area (TPSA) is 131 Å². The summed E-state index contributed by atoms with van der Waals surface area (Å²) in [5.74, 6) is 0.457. The van der Waals surface area contributed by atoms with Crippen LogP contribution in [0.3, 0.4) is 0 Å². The molecule has 0 saturated carbocycles. The number of terminal acetylenes is 1. The molecule has 0 aliphatic rings. The van der Waals surface area contributed by atoms with Crippen molar-refractivity contribution in [1.29, 1.82) is 0 Å². The summed E-state index contributed by atoms with van der Waals surface area (Å²) < 4.78 is 5.26. The second-order valence-electron chi connectivity index (χ2n) is 9.62. The first-order chi connectivity index (χ1) is 17.9. The van der Waals surface area contributed by atoms with E-state index in [9.17, 15) is 19.2 Å². The van der Waals surface area contributed by atoms with E-state index in [1.807, 2.05) is 19.1 Å². The van der Waals surface area contributed by atoms with Gasteiger partial charge >= 0.3 is 6.09 Å². The first-order valence-electron chi connectivity index (χ1n) is 12.0. The van der Waals surface area contributed by atoms with Crippen LogP contribution in [0.5, 0.6) is 0 Å². The van der Waals surface area contributed by atoms with E-state index < -0.39 is 47.9 Å². The molecular formula is C29H34N4O5. The molecule has 4 amide bonds. The van der Waals surface area contributed by atoms with E-state index in [1.54, 1.807) is 57.2 Å². The summed E-state index contributed by atoms with van der Waals surface area (Å²) in [4.78, 5) is 53.1. The van der Waals surface area contributed by atoms with Crippen LogP contribution in [0.15, 0.2) is 61.2 Å². The molecule has 0 spiro atoms. The fourth-order valence-electron chi connectivity index (χ4n) is 3.66. The van der Waals surface area contributed by atoms with Crippen molar-refractivity contribution < 1.29 is 23.9 Å². The summed E-state index contributed by atoms with van der Waals surface area (Å²) in [5, 5.41) is 5.29. The number of ether oxygens (including phenoxy) is 1. The van der Waals surface area contributed by atoms with E-state index >= 15 is 0 Å². The zero-order chi connectivity index (χ0) is 28.5. The Morgan fingerprint density at radius 3 is 2.29 bits per heavy atom. The first kappa shape index (κ1) is 29.6. The number of nitrogens with one attached hydrogen (secondary N) is 2. The molecule has 0 radical (unpaired) electrons. The molecule has 0 aliphatic heterocycles. The number of amides is 4. The number of anilines is 1. The lowest BCUT2D eigenvalue weighted by Crippen LogP contribution is -2.53. The molecular weight excluding hydrogens is 484 g/mol. The Morgan fingerprint density at radius 1 is 1.13 bits per heavy atom. The van der Waals surface area contributed by atoms with Gasteiger partial charge in [0, 0.05) is 17.8 Å². The van der Waals surface area contributed by atoms with Gasteiger partial charge in [0.15, 0.2) is 0 Å². The second-order valence-corrected chi connectivity index (χ2v) is 9.62. The molecule has 2 aromatic rings. The molecule has 0 heterocycles. The van der Waals surface area contributed by atoms with Crippen LogP contribution in [-0.2, 0) is 19.1 Å². The Labute approximate surface area is 223 Å². The summed E-state index contributed by atoms with van der Waals surface area (Å²) in [6, 6.07) is 11.2. The van der Waals surface area contributed by atoms with Gasteiger partial charge in [-0.05, 0) is 57.0 Å². The largest absolute Gasteiger partial charge is 0.444 e. The number of benzene rings is 2. The number of nitrogens with zero attached hydrogens (tertiary/aromatic N) is 1. The minimum absolute atomic E-state index is 0.0765. The van der Waals surface area contributed by atoms with Crippen molar-refractivity contribution in [2.24, 2.45) is 5.73 Å². The van der Waals surface area contributed by atoms with Crippen molar-refractivity contribution in [2.45, 2.75) is 51.8 Å². The SMILES string of the molecule is C#Cc1ccc(C(C(=O)Nc2ccccc2C)N(CC=C)C(=O)C(CC(N)=O)NC(=O)OC(C)(C)C)cc1. The van der Waals surface area contributed by atoms with Crippen LogP contribution < -0.4 is 16.4 Å². The summed E-state index contributed by atoms with van der Waals surface area (Å²) in [6.07, 6.45) is 5.51. The van der Waals surface area contributed by atoms with Crippen LogP contribution in [0.4, 0.5) is 10.5 Å². The number of rotatable bonds is 10. The normalized spacial score (nSPS) is 12.3. The maximum atomic E-state index is 13.8. The Kier molecular flexibility index (Phi) is 10.2. The average Bonchev–Trinajstić information content (AvgIpc) is 2.83. The molecule has 2 unspecified atom stereocenters. The smallest absolute Gasteiger partial charge is 0.408 e. The maximum Gasteiger partial charge on any atom is 0.408 e. The number of aryl methyl sites for hydroxylation is 1. The number of primary amides is 1.